The van der Waals surface area contributed by atoms with E-state index in [1.807, 2.05) is 6.92 Å². The molecule has 1 fully saturated rings. The van der Waals surface area contributed by atoms with E-state index in [2.05, 4.69) is 49.9 Å². The summed E-state index contributed by atoms with van der Waals surface area (Å²) in [6.45, 7) is 10.0. The van der Waals surface area contributed by atoms with Gasteiger partial charge in [-0.15, -0.1) is 0 Å². The average molecular weight is 275 g/mol. The minimum atomic E-state index is -0.707. The smallest absolute Gasteiger partial charge is 0.323 e. The van der Waals surface area contributed by atoms with Crippen LogP contribution in [-0.2, 0) is 16.8 Å². The number of carboxylic acid groups (broad SMARTS) is 1. The molecular formula is C17H25NO2. The molecule has 0 saturated carbocycles. The van der Waals surface area contributed by atoms with Gasteiger partial charge in [0.2, 0.25) is 0 Å². The molecule has 1 aliphatic rings. The Morgan fingerprint density at radius 2 is 1.90 bits per heavy atom. The van der Waals surface area contributed by atoms with Gasteiger partial charge in [-0.2, -0.15) is 0 Å². The largest absolute Gasteiger partial charge is 0.480 e. The van der Waals surface area contributed by atoms with Crippen molar-refractivity contribution in [2.24, 2.45) is 0 Å². The fraction of sp³-hybridized carbons (Fsp3) is 0.588. The van der Waals surface area contributed by atoms with Gasteiger partial charge in [0.15, 0.2) is 0 Å². The minimum absolute atomic E-state index is 0.155. The van der Waals surface area contributed by atoms with Crippen molar-refractivity contribution in [3.8, 4) is 0 Å². The molecule has 1 aromatic rings. The first-order valence-corrected chi connectivity index (χ1v) is 7.31. The minimum Gasteiger partial charge on any atom is -0.480 e. The second-order valence-electron chi connectivity index (χ2n) is 7.05. The highest BCUT2D eigenvalue weighted by Crippen LogP contribution is 2.31. The van der Waals surface area contributed by atoms with Gasteiger partial charge in [-0.3, -0.25) is 9.69 Å². The van der Waals surface area contributed by atoms with E-state index < -0.39 is 11.5 Å². The van der Waals surface area contributed by atoms with Crippen molar-refractivity contribution in [1.29, 1.82) is 0 Å². The van der Waals surface area contributed by atoms with Crippen molar-refractivity contribution in [2.45, 2.75) is 58.0 Å². The lowest BCUT2D eigenvalue weighted by Gasteiger charge is -2.31. The number of aliphatic carboxylic acids is 1. The molecule has 20 heavy (non-hydrogen) atoms. The van der Waals surface area contributed by atoms with Crippen LogP contribution in [0.5, 0.6) is 0 Å². The zero-order chi connectivity index (χ0) is 15.0. The molecule has 0 radical (unpaired) electrons. The normalized spacial score (nSPS) is 24.0. The predicted octanol–water partition coefficient (Wildman–Crippen LogP) is 3.42. The molecule has 0 spiro atoms. The van der Waals surface area contributed by atoms with Crippen molar-refractivity contribution < 1.29 is 9.90 Å². The highest BCUT2D eigenvalue weighted by atomic mass is 16.4. The van der Waals surface area contributed by atoms with Crippen LogP contribution in [0.1, 0.15) is 51.7 Å². The molecule has 3 heteroatoms. The summed E-state index contributed by atoms with van der Waals surface area (Å²) in [6.07, 6.45) is 1.70. The average Bonchev–Trinajstić information content (AvgIpc) is 2.72. The van der Waals surface area contributed by atoms with Gasteiger partial charge in [0.1, 0.15) is 5.54 Å². The third kappa shape index (κ3) is 2.88. The van der Waals surface area contributed by atoms with E-state index in [1.54, 1.807) is 0 Å². The van der Waals surface area contributed by atoms with Gasteiger partial charge >= 0.3 is 5.97 Å². The highest BCUT2D eigenvalue weighted by Gasteiger charge is 2.43. The number of likely N-dealkylation sites (tertiary alicyclic amines) is 1. The van der Waals surface area contributed by atoms with Gasteiger partial charge in [0.25, 0.3) is 0 Å². The lowest BCUT2D eigenvalue weighted by Crippen LogP contribution is -2.47. The second-order valence-corrected chi connectivity index (χ2v) is 7.05. The highest BCUT2D eigenvalue weighted by molar-refractivity contribution is 5.78. The Morgan fingerprint density at radius 1 is 1.30 bits per heavy atom. The number of hydrogen-bond donors (Lipinski definition) is 1. The molecule has 0 amide bonds. The van der Waals surface area contributed by atoms with E-state index in [1.165, 1.54) is 11.1 Å². The van der Waals surface area contributed by atoms with Crippen LogP contribution in [0.25, 0.3) is 0 Å². The number of carbonyl (C=O) groups is 1. The third-order valence-electron chi connectivity index (χ3n) is 4.44. The molecule has 110 valence electrons. The van der Waals surface area contributed by atoms with Crippen LogP contribution < -0.4 is 0 Å². The van der Waals surface area contributed by atoms with Gasteiger partial charge in [-0.1, -0.05) is 45.0 Å². The summed E-state index contributed by atoms with van der Waals surface area (Å²) < 4.78 is 0. The van der Waals surface area contributed by atoms with Crippen molar-refractivity contribution in [1.82, 2.24) is 4.90 Å². The van der Waals surface area contributed by atoms with Crippen LogP contribution in [0.15, 0.2) is 24.3 Å². The number of hydrogen-bond acceptors (Lipinski definition) is 2. The van der Waals surface area contributed by atoms with Crippen LogP contribution in [0.4, 0.5) is 0 Å². The van der Waals surface area contributed by atoms with Crippen molar-refractivity contribution >= 4 is 5.97 Å². The Bertz CT molecular complexity index is 487. The van der Waals surface area contributed by atoms with Crippen LogP contribution in [0.2, 0.25) is 0 Å². The SMILES string of the molecule is CC(C)(C)c1ccc(CN2CCCC2(C)C(=O)O)cc1. The quantitative estimate of drug-likeness (QED) is 0.919. The van der Waals surface area contributed by atoms with E-state index in [9.17, 15) is 9.90 Å². The summed E-state index contributed by atoms with van der Waals surface area (Å²) in [7, 11) is 0. The van der Waals surface area contributed by atoms with E-state index in [0.717, 1.165) is 19.4 Å². The van der Waals surface area contributed by atoms with E-state index in [4.69, 9.17) is 0 Å². The molecule has 1 aromatic carbocycles. The molecule has 1 N–H and O–H groups in total. The molecular weight excluding hydrogens is 250 g/mol. The van der Waals surface area contributed by atoms with Gasteiger partial charge in [0.05, 0.1) is 0 Å². The maximum absolute atomic E-state index is 11.5. The summed E-state index contributed by atoms with van der Waals surface area (Å²) in [4.78, 5) is 13.6. The summed E-state index contributed by atoms with van der Waals surface area (Å²) in [5.74, 6) is -0.707. The topological polar surface area (TPSA) is 40.5 Å². The van der Waals surface area contributed by atoms with E-state index in [0.29, 0.717) is 6.54 Å². The molecule has 3 nitrogen and oxygen atoms in total. The lowest BCUT2D eigenvalue weighted by molar-refractivity contribution is -0.148. The maximum atomic E-state index is 11.5. The number of benzene rings is 1. The number of nitrogens with zero attached hydrogens (tertiary/aromatic N) is 1. The van der Waals surface area contributed by atoms with E-state index in [-0.39, 0.29) is 5.41 Å². The zero-order valence-electron chi connectivity index (χ0n) is 12.9. The summed E-state index contributed by atoms with van der Waals surface area (Å²) in [5, 5.41) is 9.43. The van der Waals surface area contributed by atoms with Crippen molar-refractivity contribution in [3.05, 3.63) is 35.4 Å². The van der Waals surface area contributed by atoms with Crippen LogP contribution >= 0.6 is 0 Å². The molecule has 1 heterocycles. The molecule has 1 atom stereocenters. The van der Waals surface area contributed by atoms with Crippen LogP contribution in [-0.4, -0.2) is 28.1 Å². The molecule has 1 unspecified atom stereocenters. The first-order valence-electron chi connectivity index (χ1n) is 7.31. The zero-order valence-corrected chi connectivity index (χ0v) is 12.9. The Labute approximate surface area is 121 Å². The molecule has 0 aliphatic carbocycles. The van der Waals surface area contributed by atoms with Gasteiger partial charge in [-0.05, 0) is 42.9 Å². The van der Waals surface area contributed by atoms with Gasteiger partial charge in [0, 0.05) is 6.54 Å². The summed E-state index contributed by atoms with van der Waals surface area (Å²) >= 11 is 0. The summed E-state index contributed by atoms with van der Waals surface area (Å²) in [5.41, 5.74) is 1.95. The lowest BCUT2D eigenvalue weighted by atomic mass is 9.86. The number of rotatable bonds is 3. The third-order valence-corrected chi connectivity index (χ3v) is 4.44. The second kappa shape index (κ2) is 5.21. The van der Waals surface area contributed by atoms with Crippen LogP contribution in [0.3, 0.4) is 0 Å². The Hall–Kier alpha value is -1.35. The Kier molecular flexibility index (Phi) is 3.92. The maximum Gasteiger partial charge on any atom is 0.323 e. The monoisotopic (exact) mass is 275 g/mol. The molecule has 0 aromatic heterocycles. The number of carboxylic acids is 1. The van der Waals surface area contributed by atoms with Crippen molar-refractivity contribution in [2.75, 3.05) is 6.54 Å². The fourth-order valence-corrected chi connectivity index (χ4v) is 2.85. The predicted molar refractivity (Wildman–Crippen MR) is 80.8 cm³/mol. The van der Waals surface area contributed by atoms with Crippen LogP contribution in [0, 0.1) is 0 Å². The first kappa shape index (κ1) is 15.0. The summed E-state index contributed by atoms with van der Waals surface area (Å²) in [6, 6.07) is 8.56. The first-order chi connectivity index (χ1) is 9.23. The standard InChI is InChI=1S/C17H25NO2/c1-16(2,3)14-8-6-13(7-9-14)12-18-11-5-10-17(18,4)15(19)20/h6-9H,5,10-12H2,1-4H3,(H,19,20). The van der Waals surface area contributed by atoms with Gasteiger partial charge < -0.3 is 5.11 Å². The fourth-order valence-electron chi connectivity index (χ4n) is 2.85. The Balaban J connectivity index is 2.13. The van der Waals surface area contributed by atoms with Gasteiger partial charge in [-0.25, -0.2) is 0 Å². The Morgan fingerprint density at radius 3 is 2.40 bits per heavy atom. The molecule has 1 saturated heterocycles. The molecule has 0 bridgehead atoms. The molecule has 1 aliphatic heterocycles. The molecule has 2 rings (SSSR count). The van der Waals surface area contributed by atoms with Crippen molar-refractivity contribution in [3.63, 3.8) is 0 Å². The van der Waals surface area contributed by atoms with E-state index >= 15 is 0 Å².